The van der Waals surface area contributed by atoms with Gasteiger partial charge in [0.05, 0.1) is 17.8 Å². The highest BCUT2D eigenvalue weighted by molar-refractivity contribution is 7.13. The largest absolute Gasteiger partial charge is 0.375 e. The number of piperidine rings is 1. The standard InChI is InChI=1S/C16H22ClN5O2S/c1-3-10-13(17)21-14(19-10)15(23)20-11-5-7-22(9-12(11)24-4-2)16-18-6-8-25-16/h6,8,11-12H,3-5,7,9H2,1-2H3,(H,19,21)(H,20,23)/t11-,12+/m0/s1. The second kappa shape index (κ2) is 8.16. The first-order valence-electron chi connectivity index (χ1n) is 8.43. The second-order valence-electron chi connectivity index (χ2n) is 5.83. The molecule has 1 fully saturated rings. The van der Waals surface area contributed by atoms with E-state index < -0.39 is 0 Å². The minimum absolute atomic E-state index is 0.0717. The lowest BCUT2D eigenvalue weighted by molar-refractivity contribution is 0.0271. The normalized spacial score (nSPS) is 20.7. The maximum atomic E-state index is 12.5. The van der Waals surface area contributed by atoms with Crippen LogP contribution in [0.2, 0.25) is 5.15 Å². The summed E-state index contributed by atoms with van der Waals surface area (Å²) in [6, 6.07) is -0.0717. The average molecular weight is 384 g/mol. The van der Waals surface area contributed by atoms with Crippen molar-refractivity contribution in [3.8, 4) is 0 Å². The Morgan fingerprint density at radius 3 is 3.04 bits per heavy atom. The molecular weight excluding hydrogens is 362 g/mol. The summed E-state index contributed by atoms with van der Waals surface area (Å²) in [5.41, 5.74) is 0.770. The van der Waals surface area contributed by atoms with Crippen molar-refractivity contribution in [1.82, 2.24) is 20.3 Å². The summed E-state index contributed by atoms with van der Waals surface area (Å²) in [5, 5.41) is 6.34. The van der Waals surface area contributed by atoms with Gasteiger partial charge in [0.1, 0.15) is 0 Å². The number of carbonyl (C=O) groups excluding carboxylic acids is 1. The summed E-state index contributed by atoms with van der Waals surface area (Å²) in [6.45, 7) is 6.03. The maximum absolute atomic E-state index is 12.5. The van der Waals surface area contributed by atoms with Gasteiger partial charge in [-0.15, -0.1) is 11.3 Å². The van der Waals surface area contributed by atoms with Crippen LogP contribution in [0.5, 0.6) is 0 Å². The molecule has 3 rings (SSSR count). The number of hydrogen-bond donors (Lipinski definition) is 2. The molecule has 7 nitrogen and oxygen atoms in total. The van der Waals surface area contributed by atoms with Gasteiger partial charge in [-0.2, -0.15) is 0 Å². The fourth-order valence-corrected chi connectivity index (χ4v) is 3.92. The molecule has 0 unspecified atom stereocenters. The average Bonchev–Trinajstić information content (AvgIpc) is 3.26. The number of H-pyrrole nitrogens is 1. The van der Waals surface area contributed by atoms with Gasteiger partial charge in [-0.25, -0.2) is 9.97 Å². The van der Waals surface area contributed by atoms with Crippen LogP contribution in [0.15, 0.2) is 11.6 Å². The maximum Gasteiger partial charge on any atom is 0.287 e. The van der Waals surface area contributed by atoms with Gasteiger partial charge in [0.15, 0.2) is 16.1 Å². The molecule has 9 heteroatoms. The predicted molar refractivity (Wildman–Crippen MR) is 98.6 cm³/mol. The van der Waals surface area contributed by atoms with Crippen LogP contribution >= 0.6 is 22.9 Å². The first-order valence-corrected chi connectivity index (χ1v) is 9.69. The first-order chi connectivity index (χ1) is 12.1. The molecule has 0 saturated carbocycles. The van der Waals surface area contributed by atoms with Crippen molar-refractivity contribution in [2.24, 2.45) is 0 Å². The third-order valence-corrected chi connectivity index (χ3v) is 5.39. The van der Waals surface area contributed by atoms with Gasteiger partial charge in [-0.05, 0) is 19.8 Å². The number of nitrogens with one attached hydrogen (secondary N) is 2. The number of nitrogens with zero attached hydrogens (tertiary/aromatic N) is 3. The molecule has 2 aromatic rings. The van der Waals surface area contributed by atoms with Crippen LogP contribution in [0.4, 0.5) is 5.13 Å². The number of aromatic amines is 1. The summed E-state index contributed by atoms with van der Waals surface area (Å²) < 4.78 is 5.87. The Morgan fingerprint density at radius 2 is 2.40 bits per heavy atom. The number of aromatic nitrogens is 3. The van der Waals surface area contributed by atoms with E-state index in [1.807, 2.05) is 19.2 Å². The van der Waals surface area contributed by atoms with E-state index in [-0.39, 0.29) is 23.9 Å². The number of rotatable bonds is 6. The van der Waals surface area contributed by atoms with Crippen LogP contribution in [0.25, 0.3) is 0 Å². The predicted octanol–water partition coefficient (Wildman–Crippen LogP) is 2.50. The zero-order valence-electron chi connectivity index (χ0n) is 14.3. The highest BCUT2D eigenvalue weighted by Crippen LogP contribution is 2.24. The lowest BCUT2D eigenvalue weighted by atomic mass is 10.0. The molecule has 2 atom stereocenters. The Balaban J connectivity index is 1.67. The van der Waals surface area contributed by atoms with E-state index in [0.29, 0.717) is 24.7 Å². The zero-order chi connectivity index (χ0) is 17.8. The number of amides is 1. The molecule has 1 aliphatic rings. The number of thiazole rings is 1. The molecule has 2 N–H and O–H groups in total. The number of anilines is 1. The lowest BCUT2D eigenvalue weighted by Gasteiger charge is -2.38. The molecule has 3 heterocycles. The van der Waals surface area contributed by atoms with Crippen molar-refractivity contribution >= 4 is 34.0 Å². The Bertz CT molecular complexity index is 705. The lowest BCUT2D eigenvalue weighted by Crippen LogP contribution is -2.55. The van der Waals surface area contributed by atoms with Crippen molar-refractivity contribution in [2.75, 3.05) is 24.6 Å². The van der Waals surface area contributed by atoms with E-state index in [0.717, 1.165) is 23.8 Å². The first kappa shape index (κ1) is 18.2. The molecule has 0 radical (unpaired) electrons. The van der Waals surface area contributed by atoms with Crippen molar-refractivity contribution in [2.45, 2.75) is 38.8 Å². The van der Waals surface area contributed by atoms with E-state index >= 15 is 0 Å². The van der Waals surface area contributed by atoms with Crippen molar-refractivity contribution in [1.29, 1.82) is 0 Å². The van der Waals surface area contributed by atoms with Gasteiger partial charge in [0.25, 0.3) is 5.91 Å². The molecule has 1 amide bonds. The van der Waals surface area contributed by atoms with Gasteiger partial charge in [-0.1, -0.05) is 18.5 Å². The summed E-state index contributed by atoms with van der Waals surface area (Å²) >= 11 is 7.64. The number of hydrogen-bond acceptors (Lipinski definition) is 6. The van der Waals surface area contributed by atoms with Gasteiger partial charge in [0.2, 0.25) is 0 Å². The molecule has 0 spiro atoms. The zero-order valence-corrected chi connectivity index (χ0v) is 15.9. The molecule has 2 aromatic heterocycles. The molecule has 0 aliphatic carbocycles. The fourth-order valence-electron chi connectivity index (χ4n) is 2.98. The van der Waals surface area contributed by atoms with E-state index in [1.165, 1.54) is 0 Å². The fraction of sp³-hybridized carbons (Fsp3) is 0.562. The second-order valence-corrected chi connectivity index (χ2v) is 7.06. The number of halogens is 1. The summed E-state index contributed by atoms with van der Waals surface area (Å²) in [7, 11) is 0. The Morgan fingerprint density at radius 1 is 1.56 bits per heavy atom. The minimum atomic E-state index is -0.251. The molecular formula is C16H22ClN5O2S. The number of carbonyl (C=O) groups is 1. The molecule has 1 saturated heterocycles. The van der Waals surface area contributed by atoms with Crippen LogP contribution < -0.4 is 10.2 Å². The molecule has 1 aliphatic heterocycles. The van der Waals surface area contributed by atoms with Crippen molar-refractivity contribution in [3.05, 3.63) is 28.2 Å². The van der Waals surface area contributed by atoms with Gasteiger partial charge in [0, 0.05) is 31.3 Å². The van der Waals surface area contributed by atoms with Gasteiger partial charge in [-0.3, -0.25) is 4.79 Å². The molecule has 0 aromatic carbocycles. The quantitative estimate of drug-likeness (QED) is 0.800. The van der Waals surface area contributed by atoms with Crippen molar-refractivity contribution < 1.29 is 9.53 Å². The summed E-state index contributed by atoms with van der Waals surface area (Å²) in [4.78, 5) is 26.2. The molecule has 136 valence electrons. The van der Waals surface area contributed by atoms with Gasteiger partial charge < -0.3 is 19.9 Å². The number of aryl methyl sites for hydroxylation is 1. The van der Waals surface area contributed by atoms with E-state index in [9.17, 15) is 4.79 Å². The van der Waals surface area contributed by atoms with E-state index in [4.69, 9.17) is 16.3 Å². The van der Waals surface area contributed by atoms with Crippen LogP contribution in [-0.2, 0) is 11.2 Å². The Kier molecular flexibility index (Phi) is 5.93. The van der Waals surface area contributed by atoms with Crippen LogP contribution in [0.3, 0.4) is 0 Å². The highest BCUT2D eigenvalue weighted by Gasteiger charge is 2.32. The highest BCUT2D eigenvalue weighted by atomic mass is 35.5. The minimum Gasteiger partial charge on any atom is -0.375 e. The smallest absolute Gasteiger partial charge is 0.287 e. The topological polar surface area (TPSA) is 83.1 Å². The third-order valence-electron chi connectivity index (χ3n) is 4.24. The summed E-state index contributed by atoms with van der Waals surface area (Å²) in [6.07, 6.45) is 3.19. The summed E-state index contributed by atoms with van der Waals surface area (Å²) in [5.74, 6) is -0.00143. The SMILES string of the molecule is CCO[C@@H]1CN(c2nccs2)CC[C@@H]1NC(=O)c1nc(Cl)c(CC)[nH]1. The van der Waals surface area contributed by atoms with Crippen LogP contribution in [0.1, 0.15) is 36.6 Å². The Hall–Kier alpha value is -1.64. The van der Waals surface area contributed by atoms with Crippen LogP contribution in [-0.4, -0.2) is 52.7 Å². The van der Waals surface area contributed by atoms with Crippen molar-refractivity contribution in [3.63, 3.8) is 0 Å². The molecule has 0 bridgehead atoms. The van der Waals surface area contributed by atoms with Gasteiger partial charge >= 0.3 is 0 Å². The monoisotopic (exact) mass is 383 g/mol. The molecule has 25 heavy (non-hydrogen) atoms. The third kappa shape index (κ3) is 4.13. The van der Waals surface area contributed by atoms with E-state index in [2.05, 4.69) is 25.2 Å². The van der Waals surface area contributed by atoms with E-state index in [1.54, 1.807) is 17.5 Å². The Labute approximate surface area is 155 Å². The number of imidazole rings is 1. The number of ether oxygens (including phenoxy) is 1. The van der Waals surface area contributed by atoms with Crippen LogP contribution in [0, 0.1) is 0 Å².